The van der Waals surface area contributed by atoms with Gasteiger partial charge in [0.05, 0.1) is 22.5 Å². The zero-order valence-corrected chi connectivity index (χ0v) is 15.3. The van der Waals surface area contributed by atoms with Gasteiger partial charge in [-0.05, 0) is 36.5 Å². The topological polar surface area (TPSA) is 47.3 Å². The van der Waals surface area contributed by atoms with Crippen LogP contribution >= 0.6 is 15.9 Å². The highest BCUT2D eigenvalue weighted by Gasteiger charge is 2.25. The molecule has 0 saturated carbocycles. The first-order chi connectivity index (χ1) is 11.6. The number of aromatic nitrogens is 3. The van der Waals surface area contributed by atoms with Crippen molar-refractivity contribution in [2.45, 2.75) is 39.0 Å². The van der Waals surface area contributed by atoms with Gasteiger partial charge in [0.25, 0.3) is 0 Å². The average Bonchev–Trinajstić information content (AvgIpc) is 2.96. The Kier molecular flexibility index (Phi) is 3.76. The maximum Gasteiger partial charge on any atom is 0.166 e. The van der Waals surface area contributed by atoms with E-state index >= 15 is 0 Å². The molecule has 5 heteroatoms. The number of hydrogen-bond donors (Lipinski definition) is 0. The van der Waals surface area contributed by atoms with E-state index in [1.54, 1.807) is 6.20 Å². The fourth-order valence-electron chi connectivity index (χ4n) is 3.37. The average molecular weight is 384 g/mol. The Morgan fingerprint density at radius 2 is 1.92 bits per heavy atom. The predicted molar refractivity (Wildman–Crippen MR) is 97.5 cm³/mol. The molecular weight excluding hydrogens is 366 g/mol. The van der Waals surface area contributed by atoms with E-state index < -0.39 is 0 Å². The van der Waals surface area contributed by atoms with E-state index in [1.807, 2.05) is 16.6 Å². The van der Waals surface area contributed by atoms with Crippen molar-refractivity contribution in [3.63, 3.8) is 0 Å². The van der Waals surface area contributed by atoms with Crippen LogP contribution in [0.3, 0.4) is 0 Å². The van der Waals surface area contributed by atoms with Crippen molar-refractivity contribution in [3.8, 4) is 11.1 Å². The van der Waals surface area contributed by atoms with Crippen molar-refractivity contribution in [3.05, 3.63) is 51.9 Å². The molecule has 1 aliphatic rings. The van der Waals surface area contributed by atoms with E-state index in [0.29, 0.717) is 6.42 Å². The van der Waals surface area contributed by atoms with E-state index in [-0.39, 0.29) is 11.7 Å². The van der Waals surface area contributed by atoms with Crippen molar-refractivity contribution in [2.24, 2.45) is 0 Å². The third-order valence-electron chi connectivity index (χ3n) is 4.57. The zero-order valence-electron chi connectivity index (χ0n) is 13.7. The number of benzene rings is 1. The van der Waals surface area contributed by atoms with Crippen LogP contribution in [0.1, 0.15) is 54.4 Å². The lowest BCUT2D eigenvalue weighted by molar-refractivity contribution is 0.0970. The molecule has 4 rings (SSSR count). The molecule has 2 heterocycles. The number of hydrogen-bond acceptors (Lipinski definition) is 3. The first kappa shape index (κ1) is 15.5. The normalized spacial score (nSPS) is 14.4. The van der Waals surface area contributed by atoms with Crippen LogP contribution in [0.4, 0.5) is 0 Å². The third kappa shape index (κ3) is 2.38. The Hall–Kier alpha value is -2.01. The van der Waals surface area contributed by atoms with Crippen molar-refractivity contribution in [1.29, 1.82) is 0 Å². The van der Waals surface area contributed by atoms with Crippen LogP contribution in [-0.4, -0.2) is 20.4 Å². The number of fused-ring (bicyclic) bond motifs is 3. The molecule has 0 aliphatic heterocycles. The van der Waals surface area contributed by atoms with Crippen LogP contribution in [0.2, 0.25) is 0 Å². The molecule has 4 nitrogen and oxygen atoms in total. The predicted octanol–water partition coefficient (Wildman–Crippen LogP) is 4.80. The molecule has 1 aromatic carbocycles. The summed E-state index contributed by atoms with van der Waals surface area (Å²) in [4.78, 5) is 16.8. The van der Waals surface area contributed by atoms with Gasteiger partial charge in [0.1, 0.15) is 0 Å². The van der Waals surface area contributed by atoms with Crippen LogP contribution < -0.4 is 0 Å². The van der Waals surface area contributed by atoms with Gasteiger partial charge < -0.3 is 0 Å². The van der Waals surface area contributed by atoms with E-state index in [2.05, 4.69) is 46.9 Å². The Balaban J connectivity index is 2.03. The largest absolute Gasteiger partial charge is 0.294 e. The van der Waals surface area contributed by atoms with Crippen LogP contribution in [0.5, 0.6) is 0 Å². The standard InChI is InChI=1S/C19H18BrN3O/c1-11(2)18-17(12-6-8-13(20)9-7-12)19-21-10-14-15(23(19)22-18)4-3-5-16(14)24/h6-11H,3-5H2,1-2H3. The van der Waals surface area contributed by atoms with Crippen LogP contribution in [0.25, 0.3) is 16.8 Å². The van der Waals surface area contributed by atoms with E-state index in [1.165, 1.54) is 0 Å². The highest BCUT2D eigenvalue weighted by molar-refractivity contribution is 9.10. The van der Waals surface area contributed by atoms with Gasteiger partial charge >= 0.3 is 0 Å². The van der Waals surface area contributed by atoms with Gasteiger partial charge in [0.2, 0.25) is 0 Å². The first-order valence-corrected chi connectivity index (χ1v) is 9.05. The molecule has 0 unspecified atom stereocenters. The van der Waals surface area contributed by atoms with Gasteiger partial charge in [0, 0.05) is 17.1 Å². The summed E-state index contributed by atoms with van der Waals surface area (Å²) in [5, 5.41) is 4.85. The SMILES string of the molecule is CC(C)c1nn2c3c(cnc2c1-c1ccc(Br)cc1)C(=O)CCC3. The second-order valence-electron chi connectivity index (χ2n) is 6.55. The van der Waals surface area contributed by atoms with E-state index in [0.717, 1.165) is 51.0 Å². The summed E-state index contributed by atoms with van der Waals surface area (Å²) in [6.45, 7) is 4.28. The highest BCUT2D eigenvalue weighted by Crippen LogP contribution is 2.34. The zero-order chi connectivity index (χ0) is 16.8. The van der Waals surface area contributed by atoms with Gasteiger partial charge in [-0.25, -0.2) is 9.50 Å². The maximum atomic E-state index is 12.2. The van der Waals surface area contributed by atoms with Crippen molar-refractivity contribution >= 4 is 27.4 Å². The lowest BCUT2D eigenvalue weighted by Crippen LogP contribution is -2.16. The number of halogens is 1. The summed E-state index contributed by atoms with van der Waals surface area (Å²) in [7, 11) is 0. The second kappa shape index (κ2) is 5.81. The van der Waals surface area contributed by atoms with Gasteiger partial charge in [-0.2, -0.15) is 5.10 Å². The smallest absolute Gasteiger partial charge is 0.166 e. The fraction of sp³-hybridized carbons (Fsp3) is 0.316. The Labute approximate surface area is 149 Å². The molecule has 0 bridgehead atoms. The summed E-state index contributed by atoms with van der Waals surface area (Å²) in [5.41, 5.74) is 5.77. The monoisotopic (exact) mass is 383 g/mol. The number of carbonyl (C=O) groups is 1. The molecule has 3 aromatic rings. The number of ketones is 1. The Morgan fingerprint density at radius 1 is 1.17 bits per heavy atom. The summed E-state index contributed by atoms with van der Waals surface area (Å²) in [5.74, 6) is 0.456. The van der Waals surface area contributed by atoms with Crippen LogP contribution in [-0.2, 0) is 6.42 Å². The quantitative estimate of drug-likeness (QED) is 0.638. The number of aryl methyl sites for hydroxylation is 1. The Morgan fingerprint density at radius 3 is 2.62 bits per heavy atom. The molecule has 24 heavy (non-hydrogen) atoms. The fourth-order valence-corrected chi connectivity index (χ4v) is 3.63. The lowest BCUT2D eigenvalue weighted by Gasteiger charge is -2.15. The minimum atomic E-state index is 0.178. The van der Waals surface area contributed by atoms with E-state index in [9.17, 15) is 4.79 Å². The maximum absolute atomic E-state index is 12.2. The Bertz CT molecular complexity index is 941. The summed E-state index contributed by atoms with van der Waals surface area (Å²) in [6.07, 6.45) is 4.10. The lowest BCUT2D eigenvalue weighted by atomic mass is 9.96. The minimum Gasteiger partial charge on any atom is -0.294 e. The molecule has 0 atom stereocenters. The number of nitrogens with zero attached hydrogens (tertiary/aromatic N) is 3. The number of carbonyl (C=O) groups excluding carboxylic acids is 1. The van der Waals surface area contributed by atoms with Crippen LogP contribution in [0.15, 0.2) is 34.9 Å². The molecule has 0 amide bonds. The molecule has 0 spiro atoms. The van der Waals surface area contributed by atoms with Crippen molar-refractivity contribution in [2.75, 3.05) is 0 Å². The van der Waals surface area contributed by atoms with Gasteiger partial charge in [-0.15, -0.1) is 0 Å². The molecular formula is C19H18BrN3O. The molecule has 1 aliphatic carbocycles. The van der Waals surface area contributed by atoms with Gasteiger partial charge in [0.15, 0.2) is 11.4 Å². The molecule has 0 radical (unpaired) electrons. The van der Waals surface area contributed by atoms with Gasteiger partial charge in [-0.1, -0.05) is 41.9 Å². The van der Waals surface area contributed by atoms with Gasteiger partial charge in [-0.3, -0.25) is 4.79 Å². The highest BCUT2D eigenvalue weighted by atomic mass is 79.9. The first-order valence-electron chi connectivity index (χ1n) is 8.26. The van der Waals surface area contributed by atoms with E-state index in [4.69, 9.17) is 5.10 Å². The molecule has 0 fully saturated rings. The summed E-state index contributed by atoms with van der Waals surface area (Å²) < 4.78 is 2.95. The molecule has 122 valence electrons. The van der Waals surface area contributed by atoms with Crippen molar-refractivity contribution in [1.82, 2.24) is 14.6 Å². The minimum absolute atomic E-state index is 0.178. The molecule has 2 aromatic heterocycles. The van der Waals surface area contributed by atoms with Crippen molar-refractivity contribution < 1.29 is 4.79 Å². The summed E-state index contributed by atoms with van der Waals surface area (Å²) >= 11 is 3.49. The number of Topliss-reactive ketones (excluding diaryl/α,β-unsaturated/α-hetero) is 1. The third-order valence-corrected chi connectivity index (χ3v) is 5.10. The second-order valence-corrected chi connectivity index (χ2v) is 7.47. The molecule has 0 N–H and O–H groups in total. The van der Waals surface area contributed by atoms with Crippen LogP contribution in [0, 0.1) is 0 Å². The number of rotatable bonds is 2. The molecule has 0 saturated heterocycles. The summed E-state index contributed by atoms with van der Waals surface area (Å²) in [6, 6.07) is 8.23.